The zero-order valence-corrected chi connectivity index (χ0v) is 24.7. The summed E-state index contributed by atoms with van der Waals surface area (Å²) in [4.78, 5) is 25.8. The Morgan fingerprint density at radius 3 is 1.80 bits per heavy atom. The summed E-state index contributed by atoms with van der Waals surface area (Å²) in [5, 5.41) is 8.67. The topological polar surface area (TPSA) is 97.9 Å². The number of anilines is 2. The van der Waals surface area contributed by atoms with Gasteiger partial charge in [-0.1, -0.05) is 39.0 Å². The van der Waals surface area contributed by atoms with Crippen molar-refractivity contribution in [3.8, 4) is 17.2 Å². The first-order valence-electron chi connectivity index (χ1n) is 13.3. The van der Waals surface area contributed by atoms with Crippen LogP contribution in [0.2, 0.25) is 0 Å². The summed E-state index contributed by atoms with van der Waals surface area (Å²) < 4.78 is 17.1. The predicted molar refractivity (Wildman–Crippen MR) is 163 cm³/mol. The average molecular weight is 564 g/mol. The Bertz CT molecular complexity index is 1320. The summed E-state index contributed by atoms with van der Waals surface area (Å²) >= 11 is 5.38. The number of benzene rings is 3. The van der Waals surface area contributed by atoms with Crippen LogP contribution in [0.3, 0.4) is 0 Å². The van der Waals surface area contributed by atoms with E-state index in [1.54, 1.807) is 36.4 Å². The fourth-order valence-corrected chi connectivity index (χ4v) is 4.07. The first-order chi connectivity index (χ1) is 19.0. The summed E-state index contributed by atoms with van der Waals surface area (Å²) in [7, 11) is 0. The summed E-state index contributed by atoms with van der Waals surface area (Å²) in [6, 6.07) is 17.8. The van der Waals surface area contributed by atoms with Gasteiger partial charge >= 0.3 is 0 Å². The molecule has 0 unspecified atom stereocenters. The molecule has 0 aliphatic carbocycles. The average Bonchev–Trinajstić information content (AvgIpc) is 2.90. The molecule has 2 amide bonds. The lowest BCUT2D eigenvalue weighted by atomic mass is 9.87. The highest BCUT2D eigenvalue weighted by atomic mass is 32.1. The lowest BCUT2D eigenvalue weighted by Gasteiger charge is -2.19. The molecular formula is C31H37N3O5S. The van der Waals surface area contributed by atoms with Crippen molar-refractivity contribution < 1.29 is 23.8 Å². The second-order valence-electron chi connectivity index (χ2n) is 9.87. The standard InChI is InChI=1S/C31H37N3O5S/c1-7-37-25-17-21(18-26(38-8-2)27(25)39-9-3)29(36)34-30(40)33-24-12-10-11-23(19-24)32-28(35)20-13-15-22(16-14-20)31(4,5)6/h10-19H,7-9H2,1-6H3,(H,32,35)(H2,33,34,36,40). The number of hydrogen-bond acceptors (Lipinski definition) is 6. The SMILES string of the molecule is CCOc1cc(C(=O)NC(=S)Nc2cccc(NC(=O)c3ccc(C(C)(C)C)cc3)c2)cc(OCC)c1OCC. The Balaban J connectivity index is 1.68. The lowest BCUT2D eigenvalue weighted by molar-refractivity contribution is 0.0975. The lowest BCUT2D eigenvalue weighted by Crippen LogP contribution is -2.34. The first kappa shape index (κ1) is 30.4. The summed E-state index contributed by atoms with van der Waals surface area (Å²) in [6.45, 7) is 13.1. The number of rotatable bonds is 10. The van der Waals surface area contributed by atoms with Crippen LogP contribution in [0.5, 0.6) is 17.2 Å². The van der Waals surface area contributed by atoms with Gasteiger partial charge < -0.3 is 24.8 Å². The molecule has 0 saturated carbocycles. The molecule has 9 heteroatoms. The van der Waals surface area contributed by atoms with E-state index in [9.17, 15) is 9.59 Å². The molecule has 0 heterocycles. The Morgan fingerprint density at radius 2 is 1.27 bits per heavy atom. The monoisotopic (exact) mass is 563 g/mol. The zero-order chi connectivity index (χ0) is 29.3. The molecule has 8 nitrogen and oxygen atoms in total. The van der Waals surface area contributed by atoms with Crippen LogP contribution in [0.4, 0.5) is 11.4 Å². The third-order valence-corrected chi connectivity index (χ3v) is 5.99. The van der Waals surface area contributed by atoms with Crippen molar-refractivity contribution in [2.45, 2.75) is 47.0 Å². The number of ether oxygens (including phenoxy) is 3. The van der Waals surface area contributed by atoms with E-state index in [0.717, 1.165) is 5.56 Å². The van der Waals surface area contributed by atoms with Gasteiger partial charge in [0.2, 0.25) is 5.75 Å². The van der Waals surface area contributed by atoms with Crippen molar-refractivity contribution in [2.75, 3.05) is 30.5 Å². The molecule has 3 aromatic rings. The van der Waals surface area contributed by atoms with Gasteiger partial charge in [0.25, 0.3) is 11.8 Å². The Labute approximate surface area is 241 Å². The van der Waals surface area contributed by atoms with Crippen LogP contribution in [-0.2, 0) is 5.41 Å². The van der Waals surface area contributed by atoms with Crippen LogP contribution in [0.15, 0.2) is 60.7 Å². The van der Waals surface area contributed by atoms with Gasteiger partial charge in [-0.15, -0.1) is 0 Å². The summed E-state index contributed by atoms with van der Waals surface area (Å²) in [5.74, 6) is 0.615. The van der Waals surface area contributed by atoms with Gasteiger partial charge in [-0.05, 0) is 86.4 Å². The maximum Gasteiger partial charge on any atom is 0.257 e. The van der Waals surface area contributed by atoms with Gasteiger partial charge in [0.1, 0.15) is 0 Å². The minimum Gasteiger partial charge on any atom is -0.490 e. The van der Waals surface area contributed by atoms with Gasteiger partial charge in [-0.2, -0.15) is 0 Å². The van der Waals surface area contributed by atoms with E-state index in [0.29, 0.717) is 59.6 Å². The summed E-state index contributed by atoms with van der Waals surface area (Å²) in [6.07, 6.45) is 0. The van der Waals surface area contributed by atoms with Crippen molar-refractivity contribution in [3.05, 3.63) is 77.4 Å². The van der Waals surface area contributed by atoms with Gasteiger partial charge in [0.15, 0.2) is 16.6 Å². The molecule has 0 fully saturated rings. The number of hydrogen-bond donors (Lipinski definition) is 3. The van der Waals surface area contributed by atoms with Crippen molar-refractivity contribution in [3.63, 3.8) is 0 Å². The number of nitrogens with one attached hydrogen (secondary N) is 3. The molecule has 0 saturated heterocycles. The molecular weight excluding hydrogens is 526 g/mol. The van der Waals surface area contributed by atoms with E-state index < -0.39 is 5.91 Å². The summed E-state index contributed by atoms with van der Waals surface area (Å²) in [5.41, 5.74) is 3.20. The molecule has 3 aromatic carbocycles. The zero-order valence-electron chi connectivity index (χ0n) is 23.8. The molecule has 0 spiro atoms. The van der Waals surface area contributed by atoms with Crippen LogP contribution in [0.1, 0.15) is 67.8 Å². The second kappa shape index (κ2) is 13.8. The maximum absolute atomic E-state index is 13.0. The van der Waals surface area contributed by atoms with E-state index in [2.05, 4.69) is 36.7 Å². The van der Waals surface area contributed by atoms with Gasteiger partial charge in [0, 0.05) is 22.5 Å². The molecule has 0 aliphatic heterocycles. The van der Waals surface area contributed by atoms with Crippen molar-refractivity contribution in [1.29, 1.82) is 0 Å². The quantitative estimate of drug-likeness (QED) is 0.240. The normalized spacial score (nSPS) is 10.8. The molecule has 0 bridgehead atoms. The highest BCUT2D eigenvalue weighted by Gasteiger charge is 2.19. The van der Waals surface area contributed by atoms with Crippen LogP contribution >= 0.6 is 12.2 Å². The van der Waals surface area contributed by atoms with Crippen LogP contribution in [-0.4, -0.2) is 36.7 Å². The number of carbonyl (C=O) groups excluding carboxylic acids is 2. The molecule has 3 rings (SSSR count). The number of amides is 2. The fraction of sp³-hybridized carbons (Fsp3) is 0.323. The van der Waals surface area contributed by atoms with Crippen LogP contribution in [0, 0.1) is 0 Å². The molecule has 212 valence electrons. The molecule has 0 radical (unpaired) electrons. The number of carbonyl (C=O) groups is 2. The van der Waals surface area contributed by atoms with Crippen molar-refractivity contribution in [2.24, 2.45) is 0 Å². The molecule has 3 N–H and O–H groups in total. The van der Waals surface area contributed by atoms with E-state index in [1.165, 1.54) is 0 Å². The minimum absolute atomic E-state index is 0.00686. The molecule has 0 aromatic heterocycles. The van der Waals surface area contributed by atoms with Gasteiger partial charge in [-0.25, -0.2) is 0 Å². The van der Waals surface area contributed by atoms with E-state index >= 15 is 0 Å². The largest absolute Gasteiger partial charge is 0.490 e. The Morgan fingerprint density at radius 1 is 0.725 bits per heavy atom. The highest BCUT2D eigenvalue weighted by molar-refractivity contribution is 7.80. The fourth-order valence-electron chi connectivity index (χ4n) is 3.86. The minimum atomic E-state index is -0.439. The van der Waals surface area contributed by atoms with E-state index in [4.69, 9.17) is 26.4 Å². The maximum atomic E-state index is 13.0. The van der Waals surface area contributed by atoms with Crippen LogP contribution in [0.25, 0.3) is 0 Å². The highest BCUT2D eigenvalue weighted by Crippen LogP contribution is 2.39. The predicted octanol–water partition coefficient (Wildman–Crippen LogP) is 6.56. The smallest absolute Gasteiger partial charge is 0.257 e. The first-order valence-corrected chi connectivity index (χ1v) is 13.7. The Hall–Kier alpha value is -4.11. The molecule has 0 atom stereocenters. The third kappa shape index (κ3) is 8.19. The second-order valence-corrected chi connectivity index (χ2v) is 10.3. The third-order valence-electron chi connectivity index (χ3n) is 5.79. The Kier molecular flexibility index (Phi) is 10.5. The van der Waals surface area contributed by atoms with Gasteiger partial charge in [0.05, 0.1) is 19.8 Å². The molecule has 0 aliphatic rings. The van der Waals surface area contributed by atoms with Crippen molar-refractivity contribution >= 4 is 40.5 Å². The van der Waals surface area contributed by atoms with E-state index in [-0.39, 0.29) is 16.4 Å². The number of thiocarbonyl (C=S) groups is 1. The van der Waals surface area contributed by atoms with E-state index in [1.807, 2.05) is 45.0 Å². The molecule has 40 heavy (non-hydrogen) atoms. The van der Waals surface area contributed by atoms with Crippen molar-refractivity contribution in [1.82, 2.24) is 5.32 Å². The van der Waals surface area contributed by atoms with Crippen LogP contribution < -0.4 is 30.2 Å². The van der Waals surface area contributed by atoms with Gasteiger partial charge in [-0.3, -0.25) is 14.9 Å².